The molecule has 0 aromatic carbocycles. The van der Waals surface area contributed by atoms with Crippen LogP contribution in [0.2, 0.25) is 5.15 Å². The van der Waals surface area contributed by atoms with Gasteiger partial charge in [0.2, 0.25) is 0 Å². The fourth-order valence-corrected chi connectivity index (χ4v) is 2.05. The van der Waals surface area contributed by atoms with Gasteiger partial charge in [0.15, 0.2) is 0 Å². The smallest absolute Gasteiger partial charge is 0.267 e. The molecule has 0 aliphatic heterocycles. The van der Waals surface area contributed by atoms with E-state index < -0.39 is 0 Å². The Kier molecular flexibility index (Phi) is 3.78. The van der Waals surface area contributed by atoms with Crippen molar-refractivity contribution in [2.45, 2.75) is 13.5 Å². The highest BCUT2D eigenvalue weighted by molar-refractivity contribution is 14.1. The summed E-state index contributed by atoms with van der Waals surface area (Å²) in [5, 5.41) is 0.415. The van der Waals surface area contributed by atoms with Crippen LogP contribution in [0.1, 0.15) is 11.4 Å². The molecular formula is C11H9ClIN3O. The zero-order valence-electron chi connectivity index (χ0n) is 9.02. The van der Waals surface area contributed by atoms with E-state index in [2.05, 4.69) is 9.97 Å². The van der Waals surface area contributed by atoms with Crippen molar-refractivity contribution in [2.75, 3.05) is 0 Å². The van der Waals surface area contributed by atoms with E-state index in [1.165, 1.54) is 0 Å². The maximum absolute atomic E-state index is 12.0. The lowest BCUT2D eigenvalue weighted by Crippen LogP contribution is -2.26. The van der Waals surface area contributed by atoms with Crippen LogP contribution in [0, 0.1) is 10.5 Å². The summed E-state index contributed by atoms with van der Waals surface area (Å²) in [5.41, 5.74) is 0.751. The first kappa shape index (κ1) is 12.5. The Morgan fingerprint density at radius 2 is 2.24 bits per heavy atom. The summed E-state index contributed by atoms with van der Waals surface area (Å²) in [5.74, 6) is 0.662. The second-order valence-electron chi connectivity index (χ2n) is 3.50. The van der Waals surface area contributed by atoms with Gasteiger partial charge in [-0.25, -0.2) is 9.97 Å². The Morgan fingerprint density at radius 3 is 2.94 bits per heavy atom. The summed E-state index contributed by atoms with van der Waals surface area (Å²) in [6, 6.07) is 3.64. The van der Waals surface area contributed by atoms with Crippen molar-refractivity contribution < 1.29 is 0 Å². The number of halogens is 2. The van der Waals surface area contributed by atoms with Crippen molar-refractivity contribution in [3.63, 3.8) is 0 Å². The van der Waals surface area contributed by atoms with E-state index in [1.807, 2.05) is 28.7 Å². The summed E-state index contributed by atoms with van der Waals surface area (Å²) in [6.45, 7) is 2.18. The van der Waals surface area contributed by atoms with E-state index in [1.54, 1.807) is 30.0 Å². The van der Waals surface area contributed by atoms with Crippen LogP contribution in [0.4, 0.5) is 0 Å². The first-order valence-corrected chi connectivity index (χ1v) is 6.36. The molecule has 0 aliphatic carbocycles. The van der Waals surface area contributed by atoms with E-state index in [9.17, 15) is 4.79 Å². The zero-order valence-corrected chi connectivity index (χ0v) is 11.9. The van der Waals surface area contributed by atoms with Crippen molar-refractivity contribution in [3.8, 4) is 0 Å². The van der Waals surface area contributed by atoms with Crippen LogP contribution in [-0.4, -0.2) is 14.5 Å². The second-order valence-corrected chi connectivity index (χ2v) is 5.02. The van der Waals surface area contributed by atoms with Gasteiger partial charge in [-0.3, -0.25) is 9.36 Å². The average Bonchev–Trinajstić information content (AvgIpc) is 2.32. The zero-order chi connectivity index (χ0) is 12.4. The van der Waals surface area contributed by atoms with Crippen LogP contribution < -0.4 is 5.56 Å². The van der Waals surface area contributed by atoms with E-state index >= 15 is 0 Å². The van der Waals surface area contributed by atoms with Crippen LogP contribution in [0.3, 0.4) is 0 Å². The Hall–Kier alpha value is -0.950. The van der Waals surface area contributed by atoms with Gasteiger partial charge >= 0.3 is 0 Å². The summed E-state index contributed by atoms with van der Waals surface area (Å²) in [7, 11) is 0. The van der Waals surface area contributed by atoms with Crippen molar-refractivity contribution in [3.05, 3.63) is 55.0 Å². The predicted molar refractivity (Wildman–Crippen MR) is 74.3 cm³/mol. The van der Waals surface area contributed by atoms with Crippen LogP contribution >= 0.6 is 34.2 Å². The molecule has 0 bridgehead atoms. The van der Waals surface area contributed by atoms with Gasteiger partial charge in [0.25, 0.3) is 5.56 Å². The number of rotatable bonds is 2. The second kappa shape index (κ2) is 5.14. The van der Waals surface area contributed by atoms with Gasteiger partial charge in [-0.2, -0.15) is 0 Å². The van der Waals surface area contributed by atoms with Gasteiger partial charge in [0.1, 0.15) is 11.0 Å². The molecule has 6 heteroatoms. The van der Waals surface area contributed by atoms with Gasteiger partial charge in [-0.05, 0) is 35.6 Å². The molecule has 0 atom stereocenters. The first-order chi connectivity index (χ1) is 8.09. The van der Waals surface area contributed by atoms with E-state index in [-0.39, 0.29) is 5.56 Å². The molecule has 4 nitrogen and oxygen atoms in total. The Labute approximate surface area is 117 Å². The third-order valence-electron chi connectivity index (χ3n) is 2.37. The van der Waals surface area contributed by atoms with Crippen molar-refractivity contribution in [2.24, 2.45) is 0 Å². The molecule has 0 N–H and O–H groups in total. The summed E-state index contributed by atoms with van der Waals surface area (Å²) >= 11 is 7.94. The standard InChI is InChI=1S/C11H9ClIN3O/c1-7-15-5-9(13)11(17)16(7)6-8-3-2-4-14-10(8)12/h2-5H,6H2,1H3. The molecule has 0 saturated heterocycles. The minimum absolute atomic E-state index is 0.0574. The molecule has 2 aromatic rings. The van der Waals surface area contributed by atoms with Crippen LogP contribution in [-0.2, 0) is 6.54 Å². The number of aromatic nitrogens is 3. The minimum Gasteiger partial charge on any atom is -0.291 e. The molecule has 17 heavy (non-hydrogen) atoms. The average molecular weight is 362 g/mol. The maximum atomic E-state index is 12.0. The Morgan fingerprint density at radius 1 is 1.47 bits per heavy atom. The van der Waals surface area contributed by atoms with E-state index in [0.29, 0.717) is 21.1 Å². The largest absolute Gasteiger partial charge is 0.291 e. The first-order valence-electron chi connectivity index (χ1n) is 4.91. The SMILES string of the molecule is Cc1ncc(I)c(=O)n1Cc1cccnc1Cl. The molecule has 88 valence electrons. The monoisotopic (exact) mass is 361 g/mol. The van der Waals surface area contributed by atoms with Crippen molar-refractivity contribution in [1.29, 1.82) is 0 Å². The fourth-order valence-electron chi connectivity index (χ4n) is 1.44. The van der Waals surface area contributed by atoms with Gasteiger partial charge in [0, 0.05) is 18.0 Å². The molecule has 0 fully saturated rings. The highest BCUT2D eigenvalue weighted by Gasteiger charge is 2.08. The van der Waals surface area contributed by atoms with E-state index in [4.69, 9.17) is 11.6 Å². The van der Waals surface area contributed by atoms with Gasteiger partial charge in [0.05, 0.1) is 10.1 Å². The van der Waals surface area contributed by atoms with Crippen LogP contribution in [0.5, 0.6) is 0 Å². The highest BCUT2D eigenvalue weighted by Crippen LogP contribution is 2.13. The Balaban J connectivity index is 2.47. The number of nitrogens with zero attached hydrogens (tertiary/aromatic N) is 3. The van der Waals surface area contributed by atoms with Crippen molar-refractivity contribution in [1.82, 2.24) is 14.5 Å². The topological polar surface area (TPSA) is 47.8 Å². The number of hydrogen-bond donors (Lipinski definition) is 0. The number of pyridine rings is 1. The molecular weight excluding hydrogens is 352 g/mol. The van der Waals surface area contributed by atoms with Gasteiger partial charge in [-0.15, -0.1) is 0 Å². The van der Waals surface area contributed by atoms with Gasteiger partial charge < -0.3 is 0 Å². The Bertz CT molecular complexity index is 612. The van der Waals surface area contributed by atoms with Gasteiger partial charge in [-0.1, -0.05) is 17.7 Å². The number of hydrogen-bond acceptors (Lipinski definition) is 3. The molecule has 2 heterocycles. The van der Waals surface area contributed by atoms with Crippen molar-refractivity contribution >= 4 is 34.2 Å². The summed E-state index contributed by atoms with van der Waals surface area (Å²) in [4.78, 5) is 20.1. The highest BCUT2D eigenvalue weighted by atomic mass is 127. The lowest BCUT2D eigenvalue weighted by Gasteiger charge is -2.09. The summed E-state index contributed by atoms with van der Waals surface area (Å²) in [6.07, 6.45) is 3.19. The lowest BCUT2D eigenvalue weighted by molar-refractivity contribution is 0.693. The lowest BCUT2D eigenvalue weighted by atomic mass is 10.3. The quantitative estimate of drug-likeness (QED) is 0.609. The molecule has 2 aromatic heterocycles. The molecule has 2 rings (SSSR count). The normalized spacial score (nSPS) is 10.5. The van der Waals surface area contributed by atoms with Crippen LogP contribution in [0.25, 0.3) is 0 Å². The summed E-state index contributed by atoms with van der Waals surface area (Å²) < 4.78 is 2.18. The van der Waals surface area contributed by atoms with Crippen LogP contribution in [0.15, 0.2) is 29.3 Å². The molecule has 0 aliphatic rings. The molecule has 0 unspecified atom stereocenters. The van der Waals surface area contributed by atoms with E-state index in [0.717, 1.165) is 5.56 Å². The predicted octanol–water partition coefficient (Wildman–Crippen LogP) is 2.25. The minimum atomic E-state index is -0.0574. The molecule has 0 spiro atoms. The fraction of sp³-hybridized carbons (Fsp3) is 0.182. The maximum Gasteiger partial charge on any atom is 0.267 e. The molecule has 0 saturated carbocycles. The third-order valence-corrected chi connectivity index (χ3v) is 3.45. The molecule has 0 amide bonds. The number of aryl methyl sites for hydroxylation is 1. The molecule has 0 radical (unpaired) electrons. The third kappa shape index (κ3) is 2.66.